The number of nitrogens with one attached hydrogen (secondary N) is 1. The Labute approximate surface area is 307 Å². The van der Waals surface area contributed by atoms with Gasteiger partial charge in [0.15, 0.2) is 6.29 Å². The lowest BCUT2D eigenvalue weighted by Gasteiger charge is -2.43. The van der Waals surface area contributed by atoms with Gasteiger partial charge in [-0.1, -0.05) is 51.3 Å². The Balaban J connectivity index is 1.37. The molecule has 0 bridgehead atoms. The van der Waals surface area contributed by atoms with Crippen LogP contribution in [-0.4, -0.2) is 93.3 Å². The van der Waals surface area contributed by atoms with Gasteiger partial charge in [-0.3, -0.25) is 9.52 Å². The van der Waals surface area contributed by atoms with Crippen molar-refractivity contribution in [2.75, 3.05) is 65.6 Å². The number of fused-ring (bicyclic) bond motifs is 1. The highest BCUT2D eigenvalue weighted by atomic mass is 35.5. The van der Waals surface area contributed by atoms with Crippen LogP contribution in [-0.2, 0) is 31.6 Å². The van der Waals surface area contributed by atoms with Crippen molar-refractivity contribution in [2.45, 2.75) is 89.2 Å². The van der Waals surface area contributed by atoms with Gasteiger partial charge in [0.25, 0.3) is 5.91 Å². The van der Waals surface area contributed by atoms with E-state index in [1.165, 1.54) is 11.1 Å². The number of hydrogen-bond donors (Lipinski definition) is 1. The van der Waals surface area contributed by atoms with Crippen molar-refractivity contribution in [1.29, 1.82) is 0 Å². The maximum atomic E-state index is 13.6. The molecular formula is C39H58ClN3O6S. The Morgan fingerprint density at radius 2 is 1.84 bits per heavy atom. The number of ether oxygens (including phenoxy) is 4. The number of carbonyl (C=O) groups is 1. The van der Waals surface area contributed by atoms with Crippen LogP contribution < -0.4 is 14.4 Å². The molecule has 1 N–H and O–H groups in total. The molecule has 9 nitrogen and oxygen atoms in total. The number of nitrogens with zero attached hydrogens (tertiary/aromatic N) is 2. The predicted molar refractivity (Wildman–Crippen MR) is 202 cm³/mol. The summed E-state index contributed by atoms with van der Waals surface area (Å²) in [6.07, 6.45) is 6.85. The molecule has 1 aliphatic carbocycles. The fraction of sp³-hybridized carbons (Fsp3) is 0.667. The van der Waals surface area contributed by atoms with Crippen LogP contribution >= 0.6 is 11.6 Å². The summed E-state index contributed by atoms with van der Waals surface area (Å²) in [7, 11) is 4.14. The number of carbonyl (C=O) groups excluding carboxylic acids is 1. The molecule has 1 saturated carbocycles. The molecule has 1 amide bonds. The quantitative estimate of drug-likeness (QED) is 0.201. The molecule has 50 heavy (non-hydrogen) atoms. The summed E-state index contributed by atoms with van der Waals surface area (Å²) in [4.78, 5) is 18.2. The topological polar surface area (TPSA) is 89.6 Å². The third kappa shape index (κ3) is 9.81. The van der Waals surface area contributed by atoms with Crippen LogP contribution in [0, 0.1) is 17.8 Å². The summed E-state index contributed by atoms with van der Waals surface area (Å²) in [6, 6.07) is 12.1. The number of likely N-dealkylation sites (N-methyl/N-ethyl adjacent to an activating group) is 1. The fourth-order valence-corrected chi connectivity index (χ4v) is 9.07. The van der Waals surface area contributed by atoms with Crippen molar-refractivity contribution in [3.05, 3.63) is 58.1 Å². The molecular weight excluding hydrogens is 674 g/mol. The number of amides is 1. The third-order valence-electron chi connectivity index (χ3n) is 10.9. The summed E-state index contributed by atoms with van der Waals surface area (Å²) in [5, 5.41) is 0.460. The molecule has 3 aliphatic rings. The molecule has 0 radical (unpaired) electrons. The molecule has 11 heteroatoms. The number of hydrogen-bond acceptors (Lipinski definition) is 8. The van der Waals surface area contributed by atoms with E-state index in [9.17, 15) is 9.00 Å². The average Bonchev–Trinajstić information content (AvgIpc) is 3.27. The molecule has 2 aliphatic heterocycles. The minimum Gasteiger partial charge on any atom is -0.491 e. The zero-order valence-electron chi connectivity index (χ0n) is 30.8. The first-order chi connectivity index (χ1) is 24.1. The molecule has 1 saturated heterocycles. The Morgan fingerprint density at radius 3 is 2.50 bits per heavy atom. The standard InChI is InChI=1S/C39H58ClN3O6S/c1-7-9-26(3)37(25-46-6)50(45)41-39(44)29-13-16-36-35(18-29)43(21-31(22-47-36)34-15-14-32(40)17-28(34)10-8-2)20-30-12-11-27(30)19-38-48-23-33(24-49-38)42(4)5/h13-18,26-27,30-31,33,37-38H,7-12,19-25H2,1-6H3,(H,41,44). The Morgan fingerprint density at radius 1 is 1.08 bits per heavy atom. The van der Waals surface area contributed by atoms with Gasteiger partial charge in [0.05, 0.1) is 43.4 Å². The van der Waals surface area contributed by atoms with Gasteiger partial charge in [-0.05, 0) is 99.0 Å². The first-order valence-corrected chi connectivity index (χ1v) is 20.1. The highest BCUT2D eigenvalue weighted by Gasteiger charge is 2.38. The number of rotatable bonds is 16. The first-order valence-electron chi connectivity index (χ1n) is 18.5. The number of methoxy groups -OCH3 is 1. The Hall–Kier alpha value is -2.21. The van der Waals surface area contributed by atoms with Crippen LogP contribution in [0.15, 0.2) is 36.4 Å². The van der Waals surface area contributed by atoms with E-state index in [2.05, 4.69) is 61.5 Å². The second-order valence-electron chi connectivity index (χ2n) is 14.7. The maximum Gasteiger partial charge on any atom is 0.263 e. The minimum absolute atomic E-state index is 0.118. The van der Waals surface area contributed by atoms with Crippen LogP contribution in [0.5, 0.6) is 5.75 Å². The van der Waals surface area contributed by atoms with E-state index in [0.29, 0.717) is 43.8 Å². The SMILES string of the molecule is CCCc1cc(Cl)ccc1C1COc2ccc(C(=O)NS(=O)C(COC)C(C)CCC)cc2N(CC2CCC2CC2OCC(N(C)C)CO2)C1. The van der Waals surface area contributed by atoms with Crippen molar-refractivity contribution in [1.82, 2.24) is 9.62 Å². The molecule has 6 atom stereocenters. The van der Waals surface area contributed by atoms with Crippen LogP contribution in [0.2, 0.25) is 5.02 Å². The summed E-state index contributed by atoms with van der Waals surface area (Å²) >= 11 is 6.46. The minimum atomic E-state index is -1.59. The monoisotopic (exact) mass is 731 g/mol. The largest absolute Gasteiger partial charge is 0.491 e. The number of anilines is 1. The lowest BCUT2D eigenvalue weighted by Crippen LogP contribution is -2.46. The van der Waals surface area contributed by atoms with Crippen molar-refractivity contribution < 1.29 is 28.0 Å². The van der Waals surface area contributed by atoms with Gasteiger partial charge in [0, 0.05) is 43.1 Å². The van der Waals surface area contributed by atoms with Crippen molar-refractivity contribution in [2.24, 2.45) is 17.8 Å². The van der Waals surface area contributed by atoms with E-state index in [0.717, 1.165) is 74.5 Å². The Kier molecular flexibility index (Phi) is 14.4. The van der Waals surface area contributed by atoms with Gasteiger partial charge in [0.1, 0.15) is 16.7 Å². The summed E-state index contributed by atoms with van der Waals surface area (Å²) in [5.41, 5.74) is 3.88. The molecule has 2 fully saturated rings. The number of benzene rings is 2. The van der Waals surface area contributed by atoms with Crippen LogP contribution in [0.4, 0.5) is 5.69 Å². The highest BCUT2D eigenvalue weighted by molar-refractivity contribution is 7.84. The Bertz CT molecular complexity index is 1440. The molecule has 2 aromatic rings. The van der Waals surface area contributed by atoms with Gasteiger partial charge in [-0.25, -0.2) is 4.21 Å². The summed E-state index contributed by atoms with van der Waals surface area (Å²) < 4.78 is 40.4. The summed E-state index contributed by atoms with van der Waals surface area (Å²) in [6.45, 7) is 10.2. The molecule has 278 valence electrons. The first kappa shape index (κ1) is 39.0. The van der Waals surface area contributed by atoms with E-state index in [1.807, 2.05) is 18.2 Å². The zero-order valence-corrected chi connectivity index (χ0v) is 32.4. The van der Waals surface area contributed by atoms with Crippen molar-refractivity contribution >= 4 is 34.2 Å². The van der Waals surface area contributed by atoms with Crippen LogP contribution in [0.1, 0.15) is 86.7 Å². The zero-order chi connectivity index (χ0) is 35.8. The number of halogens is 1. The normalized spacial score (nSPS) is 25.5. The van der Waals surface area contributed by atoms with E-state index >= 15 is 0 Å². The van der Waals surface area contributed by atoms with Gasteiger partial charge >= 0.3 is 0 Å². The van der Waals surface area contributed by atoms with E-state index in [4.69, 9.17) is 30.5 Å². The second-order valence-corrected chi connectivity index (χ2v) is 16.6. The molecule has 2 heterocycles. The molecule has 0 aromatic heterocycles. The second kappa shape index (κ2) is 18.5. The average molecular weight is 732 g/mol. The summed E-state index contributed by atoms with van der Waals surface area (Å²) in [5.74, 6) is 1.62. The smallest absolute Gasteiger partial charge is 0.263 e. The van der Waals surface area contributed by atoms with Crippen molar-refractivity contribution in [3.8, 4) is 5.75 Å². The highest BCUT2D eigenvalue weighted by Crippen LogP contribution is 2.43. The van der Waals surface area contributed by atoms with E-state index in [-0.39, 0.29) is 35.3 Å². The maximum absolute atomic E-state index is 13.6. The van der Waals surface area contributed by atoms with Gasteiger partial charge < -0.3 is 28.7 Å². The van der Waals surface area contributed by atoms with Gasteiger partial charge in [-0.2, -0.15) is 0 Å². The lowest BCUT2D eigenvalue weighted by atomic mass is 9.71. The van der Waals surface area contributed by atoms with Gasteiger partial charge in [0.2, 0.25) is 0 Å². The molecule has 6 unspecified atom stereocenters. The molecule has 0 spiro atoms. The molecule has 5 rings (SSSR count). The van der Waals surface area contributed by atoms with Crippen LogP contribution in [0.25, 0.3) is 0 Å². The predicted octanol–water partition coefficient (Wildman–Crippen LogP) is 6.84. The lowest BCUT2D eigenvalue weighted by molar-refractivity contribution is -0.212. The van der Waals surface area contributed by atoms with Gasteiger partial charge in [-0.15, -0.1) is 0 Å². The number of aryl methyl sites for hydroxylation is 1. The van der Waals surface area contributed by atoms with E-state index < -0.39 is 11.0 Å². The molecule has 2 aromatic carbocycles. The third-order valence-corrected chi connectivity index (χ3v) is 12.7. The van der Waals surface area contributed by atoms with E-state index in [1.54, 1.807) is 13.2 Å². The van der Waals surface area contributed by atoms with Crippen LogP contribution in [0.3, 0.4) is 0 Å². The fourth-order valence-electron chi connectivity index (χ4n) is 7.61. The van der Waals surface area contributed by atoms with Crippen molar-refractivity contribution in [3.63, 3.8) is 0 Å².